The van der Waals surface area contributed by atoms with Crippen molar-refractivity contribution in [2.24, 2.45) is 0 Å². The van der Waals surface area contributed by atoms with Crippen molar-refractivity contribution in [3.05, 3.63) is 83.9 Å². The largest absolute Gasteiger partial charge is 0.345 e. The van der Waals surface area contributed by atoms with Crippen molar-refractivity contribution in [3.8, 4) is 11.1 Å². The minimum Gasteiger partial charge on any atom is -0.345 e. The molecule has 0 aliphatic rings. The van der Waals surface area contributed by atoms with Crippen molar-refractivity contribution in [1.29, 1.82) is 0 Å². The van der Waals surface area contributed by atoms with Crippen LogP contribution in [-0.4, -0.2) is 7.05 Å². The zero-order valence-electron chi connectivity index (χ0n) is 13.4. The fraction of sp³-hybridized carbons (Fsp3) is 0.143. The van der Waals surface area contributed by atoms with E-state index in [-0.39, 0.29) is 0 Å². The average Bonchev–Trinajstić information content (AvgIpc) is 2.54. The summed E-state index contributed by atoms with van der Waals surface area (Å²) in [5, 5.41) is 0. The van der Waals surface area contributed by atoms with Crippen LogP contribution in [0.1, 0.15) is 11.1 Å². The van der Waals surface area contributed by atoms with Gasteiger partial charge in [-0.3, -0.25) is 0 Å². The molecule has 0 aliphatic carbocycles. The number of hydrogen-bond acceptors (Lipinski definition) is 1. The minimum absolute atomic E-state index is 1.20. The Morgan fingerprint density at radius 2 is 1.23 bits per heavy atom. The molecule has 0 radical (unpaired) electrons. The van der Waals surface area contributed by atoms with Crippen LogP contribution in [0.15, 0.2) is 72.8 Å². The zero-order valence-corrected chi connectivity index (χ0v) is 13.4. The van der Waals surface area contributed by atoms with E-state index in [2.05, 4.69) is 98.6 Å². The highest BCUT2D eigenvalue weighted by molar-refractivity contribution is 5.72. The van der Waals surface area contributed by atoms with Gasteiger partial charge in [-0.1, -0.05) is 48.5 Å². The number of rotatable bonds is 3. The number of hydrogen-bond donors (Lipinski definition) is 0. The molecular formula is C21H21N. The summed E-state index contributed by atoms with van der Waals surface area (Å²) in [4.78, 5) is 2.24. The molecule has 3 aromatic rings. The second-order valence-electron chi connectivity index (χ2n) is 5.82. The van der Waals surface area contributed by atoms with Gasteiger partial charge in [0.2, 0.25) is 0 Å². The van der Waals surface area contributed by atoms with Gasteiger partial charge in [0.05, 0.1) is 0 Å². The molecule has 0 amide bonds. The third-order valence-corrected chi connectivity index (χ3v) is 3.93. The van der Waals surface area contributed by atoms with E-state index in [4.69, 9.17) is 0 Å². The first kappa shape index (κ1) is 14.4. The molecule has 0 heterocycles. The molecule has 3 aromatic carbocycles. The Bertz CT molecular complexity index is 755. The van der Waals surface area contributed by atoms with Crippen LogP contribution in [0.25, 0.3) is 11.1 Å². The highest BCUT2D eigenvalue weighted by Crippen LogP contribution is 2.29. The number of anilines is 2. The highest BCUT2D eigenvalue weighted by atomic mass is 15.1. The predicted octanol–water partition coefficient (Wildman–Crippen LogP) is 5.74. The quantitative estimate of drug-likeness (QED) is 0.594. The van der Waals surface area contributed by atoms with Crippen LogP contribution >= 0.6 is 0 Å². The Kier molecular flexibility index (Phi) is 3.97. The minimum atomic E-state index is 1.20. The fourth-order valence-corrected chi connectivity index (χ4v) is 2.82. The Balaban J connectivity index is 1.98. The molecule has 0 spiro atoms. The second-order valence-corrected chi connectivity index (χ2v) is 5.82. The summed E-state index contributed by atoms with van der Waals surface area (Å²) < 4.78 is 0. The Morgan fingerprint density at radius 1 is 0.591 bits per heavy atom. The third kappa shape index (κ3) is 3.04. The van der Waals surface area contributed by atoms with Crippen molar-refractivity contribution in [3.63, 3.8) is 0 Å². The fourth-order valence-electron chi connectivity index (χ4n) is 2.82. The molecule has 0 atom stereocenters. The molecule has 1 heteroatoms. The molecule has 22 heavy (non-hydrogen) atoms. The predicted molar refractivity (Wildman–Crippen MR) is 95.9 cm³/mol. The van der Waals surface area contributed by atoms with Gasteiger partial charge in [-0.25, -0.2) is 0 Å². The van der Waals surface area contributed by atoms with Gasteiger partial charge in [0.1, 0.15) is 0 Å². The van der Waals surface area contributed by atoms with E-state index in [1.54, 1.807) is 0 Å². The van der Waals surface area contributed by atoms with Crippen molar-refractivity contribution >= 4 is 11.4 Å². The van der Waals surface area contributed by atoms with Crippen LogP contribution in [0, 0.1) is 13.8 Å². The monoisotopic (exact) mass is 287 g/mol. The van der Waals surface area contributed by atoms with E-state index in [0.29, 0.717) is 0 Å². The molecule has 0 saturated heterocycles. The van der Waals surface area contributed by atoms with E-state index >= 15 is 0 Å². The van der Waals surface area contributed by atoms with Crippen LogP contribution in [0.4, 0.5) is 11.4 Å². The van der Waals surface area contributed by atoms with Crippen LogP contribution in [0.5, 0.6) is 0 Å². The first-order chi connectivity index (χ1) is 10.6. The normalized spacial score (nSPS) is 10.5. The molecule has 0 aliphatic heterocycles. The Labute approximate surface area is 132 Å². The Hall–Kier alpha value is -2.54. The maximum absolute atomic E-state index is 2.24. The highest BCUT2D eigenvalue weighted by Gasteiger charge is 2.06. The van der Waals surface area contributed by atoms with Crippen LogP contribution < -0.4 is 4.90 Å². The van der Waals surface area contributed by atoms with Gasteiger partial charge < -0.3 is 4.90 Å². The summed E-state index contributed by atoms with van der Waals surface area (Å²) in [7, 11) is 2.12. The molecule has 110 valence electrons. The van der Waals surface area contributed by atoms with Gasteiger partial charge >= 0.3 is 0 Å². The third-order valence-electron chi connectivity index (χ3n) is 3.93. The molecular weight excluding hydrogens is 266 g/mol. The molecule has 0 unspecified atom stereocenters. The zero-order chi connectivity index (χ0) is 15.5. The molecule has 0 N–H and O–H groups in total. The summed E-state index contributed by atoms with van der Waals surface area (Å²) >= 11 is 0. The van der Waals surface area contributed by atoms with Crippen molar-refractivity contribution < 1.29 is 0 Å². The van der Waals surface area contributed by atoms with Crippen LogP contribution in [-0.2, 0) is 0 Å². The van der Waals surface area contributed by atoms with E-state index in [1.807, 2.05) is 0 Å². The van der Waals surface area contributed by atoms with E-state index in [1.165, 1.54) is 33.6 Å². The first-order valence-electron chi connectivity index (χ1n) is 7.61. The summed E-state index contributed by atoms with van der Waals surface area (Å²) in [6.45, 7) is 4.29. The molecule has 1 nitrogen and oxygen atoms in total. The second kappa shape index (κ2) is 6.07. The smallest absolute Gasteiger partial charge is 0.0414 e. The lowest BCUT2D eigenvalue weighted by atomic mass is 10.0. The van der Waals surface area contributed by atoms with Crippen molar-refractivity contribution in [2.45, 2.75) is 13.8 Å². The SMILES string of the molecule is Cc1cc(C)cc(N(C)c2cccc(-c3ccccc3)c2)c1. The summed E-state index contributed by atoms with van der Waals surface area (Å²) in [5.41, 5.74) is 7.50. The van der Waals surface area contributed by atoms with E-state index in [0.717, 1.165) is 0 Å². The molecule has 3 rings (SSSR count). The van der Waals surface area contributed by atoms with Gasteiger partial charge in [0.15, 0.2) is 0 Å². The van der Waals surface area contributed by atoms with Gasteiger partial charge in [0, 0.05) is 18.4 Å². The number of aryl methyl sites for hydroxylation is 2. The van der Waals surface area contributed by atoms with E-state index < -0.39 is 0 Å². The molecule has 0 fully saturated rings. The van der Waals surface area contributed by atoms with Crippen molar-refractivity contribution in [1.82, 2.24) is 0 Å². The molecule has 0 aromatic heterocycles. The van der Waals surface area contributed by atoms with Gasteiger partial charge in [-0.15, -0.1) is 0 Å². The average molecular weight is 287 g/mol. The maximum Gasteiger partial charge on any atom is 0.0414 e. The maximum atomic E-state index is 2.24. The summed E-state index contributed by atoms with van der Waals surface area (Å²) in [6, 6.07) is 25.8. The topological polar surface area (TPSA) is 3.24 Å². The lowest BCUT2D eigenvalue weighted by molar-refractivity contribution is 1.19. The Morgan fingerprint density at radius 3 is 1.91 bits per heavy atom. The number of nitrogens with zero attached hydrogens (tertiary/aromatic N) is 1. The first-order valence-corrected chi connectivity index (χ1v) is 7.61. The lowest BCUT2D eigenvalue weighted by Gasteiger charge is -2.21. The van der Waals surface area contributed by atoms with Crippen molar-refractivity contribution in [2.75, 3.05) is 11.9 Å². The molecule has 0 saturated carbocycles. The standard InChI is InChI=1S/C21H21N/c1-16-12-17(2)14-21(13-16)22(3)20-11-7-10-19(15-20)18-8-5-4-6-9-18/h4-15H,1-3H3. The van der Waals surface area contributed by atoms with Gasteiger partial charge in [0.25, 0.3) is 0 Å². The lowest BCUT2D eigenvalue weighted by Crippen LogP contribution is -2.09. The molecule has 0 bridgehead atoms. The summed E-state index contributed by atoms with van der Waals surface area (Å²) in [6.07, 6.45) is 0. The number of benzene rings is 3. The van der Waals surface area contributed by atoms with Gasteiger partial charge in [-0.2, -0.15) is 0 Å². The van der Waals surface area contributed by atoms with E-state index in [9.17, 15) is 0 Å². The van der Waals surface area contributed by atoms with Crippen LogP contribution in [0.3, 0.4) is 0 Å². The van der Waals surface area contributed by atoms with Gasteiger partial charge in [-0.05, 0) is 60.4 Å². The van der Waals surface area contributed by atoms with Crippen LogP contribution in [0.2, 0.25) is 0 Å². The summed E-state index contributed by atoms with van der Waals surface area (Å²) in [5.74, 6) is 0.